The molecule has 3 N–H and O–H groups in total. The van der Waals surface area contributed by atoms with E-state index in [2.05, 4.69) is 5.32 Å². The summed E-state index contributed by atoms with van der Waals surface area (Å²) in [6, 6.07) is 12.7. The quantitative estimate of drug-likeness (QED) is 0.701. The lowest BCUT2D eigenvalue weighted by Gasteiger charge is -2.06. The molecule has 1 heterocycles. The van der Waals surface area contributed by atoms with E-state index >= 15 is 0 Å². The van der Waals surface area contributed by atoms with Crippen LogP contribution in [0, 0.1) is 5.82 Å². The molecule has 20 heavy (non-hydrogen) atoms. The van der Waals surface area contributed by atoms with Gasteiger partial charge in [-0.2, -0.15) is 0 Å². The second kappa shape index (κ2) is 4.70. The molecule has 0 saturated carbocycles. The zero-order valence-electron chi connectivity index (χ0n) is 10.4. The summed E-state index contributed by atoms with van der Waals surface area (Å²) < 4.78 is 18.6. The van der Waals surface area contributed by atoms with Gasteiger partial charge in [0.15, 0.2) is 5.76 Å². The van der Waals surface area contributed by atoms with Crippen molar-refractivity contribution in [3.8, 4) is 0 Å². The van der Waals surface area contributed by atoms with Crippen LogP contribution in [0.4, 0.5) is 15.8 Å². The SMILES string of the molecule is Nc1ccc(F)cc1NC(=O)c1cc2ccccc2o1. The maximum atomic E-state index is 13.1. The Morgan fingerprint density at radius 2 is 1.95 bits per heavy atom. The Morgan fingerprint density at radius 1 is 1.15 bits per heavy atom. The molecule has 100 valence electrons. The maximum Gasteiger partial charge on any atom is 0.291 e. The summed E-state index contributed by atoms with van der Waals surface area (Å²) in [6.07, 6.45) is 0. The number of carbonyl (C=O) groups excluding carboxylic acids is 1. The lowest BCUT2D eigenvalue weighted by atomic mass is 10.2. The average Bonchev–Trinajstić information content (AvgIpc) is 2.87. The van der Waals surface area contributed by atoms with Gasteiger partial charge in [-0.05, 0) is 30.3 Å². The van der Waals surface area contributed by atoms with Crippen molar-refractivity contribution in [1.29, 1.82) is 0 Å². The number of benzene rings is 2. The Balaban J connectivity index is 1.90. The third kappa shape index (κ3) is 2.21. The number of amides is 1. The van der Waals surface area contributed by atoms with Crippen LogP contribution < -0.4 is 11.1 Å². The van der Waals surface area contributed by atoms with Crippen molar-refractivity contribution in [2.24, 2.45) is 0 Å². The van der Waals surface area contributed by atoms with Crippen LogP contribution in [0.2, 0.25) is 0 Å². The van der Waals surface area contributed by atoms with Crippen LogP contribution in [-0.4, -0.2) is 5.91 Å². The van der Waals surface area contributed by atoms with Crippen molar-refractivity contribution in [3.63, 3.8) is 0 Å². The van der Waals surface area contributed by atoms with Crippen molar-refractivity contribution in [3.05, 3.63) is 60.1 Å². The molecule has 0 aliphatic carbocycles. The predicted molar refractivity (Wildman–Crippen MR) is 75.0 cm³/mol. The van der Waals surface area contributed by atoms with E-state index in [9.17, 15) is 9.18 Å². The molecule has 0 aliphatic heterocycles. The fraction of sp³-hybridized carbons (Fsp3) is 0. The Morgan fingerprint density at radius 3 is 2.75 bits per heavy atom. The summed E-state index contributed by atoms with van der Waals surface area (Å²) >= 11 is 0. The minimum absolute atomic E-state index is 0.148. The summed E-state index contributed by atoms with van der Waals surface area (Å²) in [4.78, 5) is 12.1. The molecule has 0 spiro atoms. The fourth-order valence-corrected chi connectivity index (χ4v) is 1.91. The van der Waals surface area contributed by atoms with E-state index in [1.807, 2.05) is 18.2 Å². The van der Waals surface area contributed by atoms with Gasteiger partial charge in [-0.1, -0.05) is 18.2 Å². The molecule has 4 nitrogen and oxygen atoms in total. The molecule has 3 aromatic rings. The highest BCUT2D eigenvalue weighted by molar-refractivity contribution is 6.05. The van der Waals surface area contributed by atoms with E-state index in [-0.39, 0.29) is 17.1 Å². The molecule has 0 radical (unpaired) electrons. The first kappa shape index (κ1) is 12.2. The number of para-hydroxylation sites is 1. The summed E-state index contributed by atoms with van der Waals surface area (Å²) in [5, 5.41) is 3.35. The molecule has 0 bridgehead atoms. The van der Waals surface area contributed by atoms with Gasteiger partial charge in [-0.15, -0.1) is 0 Å². The Bertz CT molecular complexity index is 762. The number of hydrogen-bond donors (Lipinski definition) is 2. The van der Waals surface area contributed by atoms with Crippen LogP contribution in [0.1, 0.15) is 10.6 Å². The lowest BCUT2D eigenvalue weighted by molar-refractivity contribution is 0.0999. The highest BCUT2D eigenvalue weighted by Gasteiger charge is 2.13. The van der Waals surface area contributed by atoms with Gasteiger partial charge in [0.2, 0.25) is 0 Å². The number of fused-ring (bicyclic) bond motifs is 1. The van der Waals surface area contributed by atoms with Gasteiger partial charge in [-0.3, -0.25) is 4.79 Å². The smallest absolute Gasteiger partial charge is 0.291 e. The fourth-order valence-electron chi connectivity index (χ4n) is 1.91. The molecule has 1 aromatic heterocycles. The Hall–Kier alpha value is -2.82. The number of hydrogen-bond acceptors (Lipinski definition) is 3. The first-order chi connectivity index (χ1) is 9.63. The van der Waals surface area contributed by atoms with E-state index in [0.29, 0.717) is 5.58 Å². The minimum Gasteiger partial charge on any atom is -0.451 e. The van der Waals surface area contributed by atoms with Gasteiger partial charge in [0, 0.05) is 5.39 Å². The van der Waals surface area contributed by atoms with Crippen LogP contribution in [-0.2, 0) is 0 Å². The maximum absolute atomic E-state index is 13.1. The lowest BCUT2D eigenvalue weighted by Crippen LogP contribution is -2.12. The third-order valence-electron chi connectivity index (χ3n) is 2.91. The molecule has 5 heteroatoms. The Labute approximate surface area is 114 Å². The summed E-state index contributed by atoms with van der Waals surface area (Å²) in [5.74, 6) is -0.799. The molecule has 1 amide bonds. The molecule has 0 aliphatic rings. The van der Waals surface area contributed by atoms with Gasteiger partial charge in [-0.25, -0.2) is 4.39 Å². The van der Waals surface area contributed by atoms with E-state index in [1.165, 1.54) is 12.1 Å². The normalized spacial score (nSPS) is 10.7. The van der Waals surface area contributed by atoms with E-state index in [1.54, 1.807) is 12.1 Å². The largest absolute Gasteiger partial charge is 0.451 e. The molecule has 0 unspecified atom stereocenters. The second-order valence-electron chi connectivity index (χ2n) is 4.33. The van der Waals surface area contributed by atoms with E-state index in [0.717, 1.165) is 11.5 Å². The van der Waals surface area contributed by atoms with Crippen LogP contribution >= 0.6 is 0 Å². The first-order valence-corrected chi connectivity index (χ1v) is 5.98. The summed E-state index contributed by atoms with van der Waals surface area (Å²) in [5.41, 5.74) is 6.80. The van der Waals surface area contributed by atoms with Crippen molar-refractivity contribution in [2.75, 3.05) is 11.1 Å². The predicted octanol–water partition coefficient (Wildman–Crippen LogP) is 3.41. The number of anilines is 2. The number of furan rings is 1. The zero-order chi connectivity index (χ0) is 14.1. The van der Waals surface area contributed by atoms with Crippen LogP contribution in [0.3, 0.4) is 0 Å². The topological polar surface area (TPSA) is 68.3 Å². The molecule has 3 rings (SSSR count). The molecular formula is C15H11FN2O2. The van der Waals surface area contributed by atoms with Crippen LogP contribution in [0.5, 0.6) is 0 Å². The van der Waals surface area contributed by atoms with Crippen molar-refractivity contribution in [2.45, 2.75) is 0 Å². The molecule has 0 saturated heterocycles. The first-order valence-electron chi connectivity index (χ1n) is 5.98. The van der Waals surface area contributed by atoms with E-state index < -0.39 is 11.7 Å². The molecule has 0 atom stereocenters. The minimum atomic E-state index is -0.474. The number of nitrogen functional groups attached to an aromatic ring is 1. The van der Waals surface area contributed by atoms with Crippen molar-refractivity contribution in [1.82, 2.24) is 0 Å². The van der Waals surface area contributed by atoms with Crippen molar-refractivity contribution >= 4 is 28.3 Å². The van der Waals surface area contributed by atoms with Crippen LogP contribution in [0.15, 0.2) is 52.9 Å². The number of nitrogens with two attached hydrogens (primary N) is 1. The monoisotopic (exact) mass is 270 g/mol. The zero-order valence-corrected chi connectivity index (χ0v) is 10.4. The van der Waals surface area contributed by atoms with Crippen molar-refractivity contribution < 1.29 is 13.6 Å². The summed E-state index contributed by atoms with van der Waals surface area (Å²) in [7, 11) is 0. The van der Waals surface area contributed by atoms with Gasteiger partial charge in [0.1, 0.15) is 11.4 Å². The number of halogens is 1. The second-order valence-corrected chi connectivity index (χ2v) is 4.33. The standard InChI is InChI=1S/C15H11FN2O2/c16-10-5-6-11(17)12(8-10)18-15(19)14-7-9-3-1-2-4-13(9)20-14/h1-8H,17H2,(H,18,19). The highest BCUT2D eigenvalue weighted by Crippen LogP contribution is 2.23. The Kier molecular flexibility index (Phi) is 2.87. The molecule has 0 fully saturated rings. The van der Waals surface area contributed by atoms with Gasteiger partial charge < -0.3 is 15.5 Å². The number of rotatable bonds is 2. The summed E-state index contributed by atoms with van der Waals surface area (Å²) in [6.45, 7) is 0. The molecule has 2 aromatic carbocycles. The van der Waals surface area contributed by atoms with Gasteiger partial charge in [0.05, 0.1) is 11.4 Å². The molecular weight excluding hydrogens is 259 g/mol. The number of carbonyl (C=O) groups is 1. The highest BCUT2D eigenvalue weighted by atomic mass is 19.1. The van der Waals surface area contributed by atoms with E-state index in [4.69, 9.17) is 10.2 Å². The van der Waals surface area contributed by atoms with Gasteiger partial charge >= 0.3 is 0 Å². The van der Waals surface area contributed by atoms with Crippen LogP contribution in [0.25, 0.3) is 11.0 Å². The number of nitrogens with one attached hydrogen (secondary N) is 1. The van der Waals surface area contributed by atoms with Gasteiger partial charge in [0.25, 0.3) is 5.91 Å². The average molecular weight is 270 g/mol. The third-order valence-corrected chi connectivity index (χ3v) is 2.91.